The van der Waals surface area contributed by atoms with Crippen LogP contribution in [0.5, 0.6) is 5.75 Å². The van der Waals surface area contributed by atoms with Crippen molar-refractivity contribution >= 4 is 6.03 Å². The number of urea groups is 1. The minimum atomic E-state index is -0.149. The third-order valence-electron chi connectivity index (χ3n) is 5.41. The van der Waals surface area contributed by atoms with Crippen LogP contribution in [-0.4, -0.2) is 29.0 Å². The highest BCUT2D eigenvalue weighted by atomic mass is 16.5. The molecule has 1 aromatic carbocycles. The Morgan fingerprint density at radius 1 is 1.27 bits per heavy atom. The molecule has 0 bridgehead atoms. The summed E-state index contributed by atoms with van der Waals surface area (Å²) in [7, 11) is 1.96. The van der Waals surface area contributed by atoms with E-state index in [1.165, 1.54) is 29.7 Å². The molecule has 6 heteroatoms. The van der Waals surface area contributed by atoms with Crippen molar-refractivity contribution in [1.82, 2.24) is 20.4 Å². The summed E-state index contributed by atoms with van der Waals surface area (Å²) in [6.45, 7) is 0.949. The summed E-state index contributed by atoms with van der Waals surface area (Å²) in [6.07, 6.45) is 8.48. The van der Waals surface area contributed by atoms with Gasteiger partial charge in [-0.2, -0.15) is 5.10 Å². The Kier molecular flexibility index (Phi) is 4.82. The highest BCUT2D eigenvalue weighted by Gasteiger charge is 2.24. The highest BCUT2D eigenvalue weighted by molar-refractivity contribution is 5.74. The normalized spacial score (nSPS) is 18.1. The monoisotopic (exact) mass is 354 g/mol. The second kappa shape index (κ2) is 7.40. The van der Waals surface area contributed by atoms with E-state index in [-0.39, 0.29) is 12.1 Å². The number of carbonyl (C=O) groups excluding carboxylic acids is 1. The van der Waals surface area contributed by atoms with Crippen LogP contribution in [0.2, 0.25) is 0 Å². The van der Waals surface area contributed by atoms with Crippen LogP contribution in [0.1, 0.15) is 47.7 Å². The Labute approximate surface area is 153 Å². The Balaban J connectivity index is 1.22. The maximum atomic E-state index is 12.2. The lowest BCUT2D eigenvalue weighted by Gasteiger charge is -2.24. The number of carbonyl (C=O) groups is 1. The summed E-state index contributed by atoms with van der Waals surface area (Å²) in [5.41, 5.74) is 5.21. The van der Waals surface area contributed by atoms with Crippen molar-refractivity contribution in [3.8, 4) is 5.75 Å². The molecule has 1 atom stereocenters. The first-order chi connectivity index (χ1) is 12.7. The summed E-state index contributed by atoms with van der Waals surface area (Å²) in [6, 6.07) is 6.21. The van der Waals surface area contributed by atoms with Gasteiger partial charge in [0, 0.05) is 18.3 Å². The molecule has 1 aromatic heterocycles. The van der Waals surface area contributed by atoms with E-state index in [0.717, 1.165) is 37.0 Å². The van der Waals surface area contributed by atoms with Gasteiger partial charge in [0.05, 0.1) is 18.8 Å². The maximum absolute atomic E-state index is 12.2. The largest absolute Gasteiger partial charge is 0.492 e. The molecule has 2 amide bonds. The van der Waals surface area contributed by atoms with E-state index in [2.05, 4.69) is 27.9 Å². The zero-order valence-electron chi connectivity index (χ0n) is 15.3. The third kappa shape index (κ3) is 3.54. The number of benzene rings is 1. The first-order valence-electron chi connectivity index (χ1n) is 9.50. The lowest BCUT2D eigenvalue weighted by Crippen LogP contribution is -2.40. The average Bonchev–Trinajstić information content (AvgIpc) is 3.26. The van der Waals surface area contributed by atoms with E-state index in [1.807, 2.05) is 24.0 Å². The van der Waals surface area contributed by atoms with Gasteiger partial charge in [-0.15, -0.1) is 0 Å². The van der Waals surface area contributed by atoms with Gasteiger partial charge in [-0.25, -0.2) is 4.79 Å². The lowest BCUT2D eigenvalue weighted by molar-refractivity contribution is 0.231. The molecule has 0 radical (unpaired) electrons. The molecule has 0 saturated carbocycles. The van der Waals surface area contributed by atoms with E-state index in [9.17, 15) is 4.79 Å². The number of aromatic nitrogens is 2. The zero-order valence-corrected chi connectivity index (χ0v) is 15.3. The van der Waals surface area contributed by atoms with Crippen molar-refractivity contribution in [2.75, 3.05) is 13.2 Å². The average molecular weight is 354 g/mol. The SMILES string of the molecule is Cn1ncc2c1CCCC2NC(=O)NCCOc1ccc2c(c1)CCC2. The van der Waals surface area contributed by atoms with Crippen LogP contribution in [0.4, 0.5) is 4.79 Å². The van der Waals surface area contributed by atoms with E-state index in [0.29, 0.717) is 13.2 Å². The number of nitrogens with one attached hydrogen (secondary N) is 2. The van der Waals surface area contributed by atoms with E-state index >= 15 is 0 Å². The van der Waals surface area contributed by atoms with Crippen molar-refractivity contribution in [2.45, 2.75) is 44.6 Å². The molecule has 138 valence electrons. The fraction of sp³-hybridized carbons (Fsp3) is 0.500. The minimum absolute atomic E-state index is 0.0464. The van der Waals surface area contributed by atoms with Gasteiger partial charge in [-0.1, -0.05) is 6.07 Å². The Morgan fingerprint density at radius 3 is 3.08 bits per heavy atom. The van der Waals surface area contributed by atoms with E-state index < -0.39 is 0 Å². The van der Waals surface area contributed by atoms with Gasteiger partial charge < -0.3 is 15.4 Å². The number of hydrogen-bond donors (Lipinski definition) is 2. The fourth-order valence-corrected chi connectivity index (χ4v) is 4.04. The molecule has 2 aromatic rings. The van der Waals surface area contributed by atoms with E-state index in [4.69, 9.17) is 4.74 Å². The second-order valence-corrected chi connectivity index (χ2v) is 7.15. The van der Waals surface area contributed by atoms with Crippen molar-refractivity contribution in [3.63, 3.8) is 0 Å². The molecule has 0 saturated heterocycles. The topological polar surface area (TPSA) is 68.2 Å². The van der Waals surface area contributed by atoms with Crippen molar-refractivity contribution in [1.29, 1.82) is 0 Å². The smallest absolute Gasteiger partial charge is 0.315 e. The predicted octanol–water partition coefficient (Wildman–Crippen LogP) is 2.66. The first kappa shape index (κ1) is 16.9. The van der Waals surface area contributed by atoms with Gasteiger partial charge >= 0.3 is 6.03 Å². The van der Waals surface area contributed by atoms with Gasteiger partial charge in [-0.3, -0.25) is 4.68 Å². The molecular weight excluding hydrogens is 328 g/mol. The van der Waals surface area contributed by atoms with Gasteiger partial charge in [0.25, 0.3) is 0 Å². The Morgan fingerprint density at radius 2 is 2.15 bits per heavy atom. The molecule has 4 rings (SSSR count). The van der Waals surface area contributed by atoms with Crippen LogP contribution in [0.25, 0.3) is 0 Å². The van der Waals surface area contributed by atoms with Crippen LogP contribution in [0, 0.1) is 0 Å². The van der Waals surface area contributed by atoms with Crippen molar-refractivity contribution < 1.29 is 9.53 Å². The van der Waals surface area contributed by atoms with Crippen molar-refractivity contribution in [2.24, 2.45) is 7.05 Å². The molecule has 0 spiro atoms. The number of fused-ring (bicyclic) bond motifs is 2. The van der Waals surface area contributed by atoms with Crippen LogP contribution in [-0.2, 0) is 26.3 Å². The maximum Gasteiger partial charge on any atom is 0.315 e. The number of hydrogen-bond acceptors (Lipinski definition) is 3. The van der Waals surface area contributed by atoms with Crippen LogP contribution >= 0.6 is 0 Å². The molecule has 0 fully saturated rings. The first-order valence-corrected chi connectivity index (χ1v) is 9.50. The molecule has 2 aliphatic carbocycles. The Hall–Kier alpha value is -2.50. The van der Waals surface area contributed by atoms with Crippen LogP contribution in [0.3, 0.4) is 0 Å². The summed E-state index contributed by atoms with van der Waals surface area (Å²) >= 11 is 0. The molecule has 1 heterocycles. The number of ether oxygens (including phenoxy) is 1. The van der Waals surface area contributed by atoms with Gasteiger partial charge in [0.1, 0.15) is 12.4 Å². The number of nitrogens with zero attached hydrogens (tertiary/aromatic N) is 2. The van der Waals surface area contributed by atoms with Crippen LogP contribution in [0.15, 0.2) is 24.4 Å². The van der Waals surface area contributed by atoms with Crippen molar-refractivity contribution in [3.05, 3.63) is 46.8 Å². The molecule has 2 aliphatic rings. The summed E-state index contributed by atoms with van der Waals surface area (Å²) in [5, 5.41) is 10.3. The molecule has 1 unspecified atom stereocenters. The molecule has 0 aliphatic heterocycles. The molecule has 26 heavy (non-hydrogen) atoms. The fourth-order valence-electron chi connectivity index (χ4n) is 4.04. The second-order valence-electron chi connectivity index (χ2n) is 7.15. The number of aryl methyl sites for hydroxylation is 3. The summed E-state index contributed by atoms with van der Waals surface area (Å²) < 4.78 is 7.68. The quantitative estimate of drug-likeness (QED) is 0.811. The molecule has 2 N–H and O–H groups in total. The van der Waals surface area contributed by atoms with Gasteiger partial charge in [0.2, 0.25) is 0 Å². The molecular formula is C20H26N4O2. The lowest BCUT2D eigenvalue weighted by atomic mass is 9.93. The van der Waals surface area contributed by atoms with Crippen LogP contribution < -0.4 is 15.4 Å². The minimum Gasteiger partial charge on any atom is -0.492 e. The molecule has 6 nitrogen and oxygen atoms in total. The summed E-state index contributed by atoms with van der Waals surface area (Å²) in [5.74, 6) is 0.889. The third-order valence-corrected chi connectivity index (χ3v) is 5.41. The zero-order chi connectivity index (χ0) is 17.9. The number of rotatable bonds is 5. The Bertz CT molecular complexity index is 799. The van der Waals surface area contributed by atoms with Gasteiger partial charge in [-0.05, 0) is 61.8 Å². The van der Waals surface area contributed by atoms with E-state index in [1.54, 1.807) is 0 Å². The van der Waals surface area contributed by atoms with Gasteiger partial charge in [0.15, 0.2) is 0 Å². The predicted molar refractivity (Wildman–Crippen MR) is 99.4 cm³/mol. The highest BCUT2D eigenvalue weighted by Crippen LogP contribution is 2.29. The standard InChI is InChI=1S/C20H26N4O2/c1-24-19-7-3-6-18(17(19)13-22-24)23-20(25)21-10-11-26-16-9-8-14-4-2-5-15(14)12-16/h8-9,12-13,18H,2-7,10-11H2,1H3,(H2,21,23,25). The number of amides is 2. The summed E-state index contributed by atoms with van der Waals surface area (Å²) in [4.78, 5) is 12.2.